The van der Waals surface area contributed by atoms with Crippen molar-refractivity contribution in [1.82, 2.24) is 4.98 Å². The van der Waals surface area contributed by atoms with Crippen LogP contribution < -0.4 is 10.5 Å². The number of nitrogens with zero attached hydrogens (tertiary/aromatic N) is 2. The summed E-state index contributed by atoms with van der Waals surface area (Å²) in [5.41, 5.74) is 6.36. The molecule has 0 aliphatic rings. The van der Waals surface area contributed by atoms with Crippen molar-refractivity contribution < 1.29 is 9.66 Å². The third kappa shape index (κ3) is 2.72. The van der Waals surface area contributed by atoms with E-state index < -0.39 is 4.92 Å². The molecule has 0 spiro atoms. The minimum atomic E-state index is -0.522. The number of hydrogen-bond acceptors (Lipinski definition) is 5. The predicted molar refractivity (Wildman–Crippen MR) is 73.2 cm³/mol. The summed E-state index contributed by atoms with van der Waals surface area (Å²) in [5.74, 6) is 0.0835. The fraction of sp³-hybridized carbons (Fsp3) is 0.0769. The molecule has 7 heteroatoms. The summed E-state index contributed by atoms with van der Waals surface area (Å²) >= 11 is 0. The fourth-order valence-corrected chi connectivity index (χ4v) is 1.66. The van der Waals surface area contributed by atoms with Crippen molar-refractivity contribution in [3.63, 3.8) is 0 Å². The first-order chi connectivity index (χ1) is 9.49. The lowest BCUT2D eigenvalue weighted by atomic mass is 10.2. The van der Waals surface area contributed by atoms with E-state index in [1.165, 1.54) is 30.6 Å². The van der Waals surface area contributed by atoms with Crippen LogP contribution in [-0.2, 0) is 0 Å². The van der Waals surface area contributed by atoms with E-state index in [9.17, 15) is 10.1 Å². The van der Waals surface area contributed by atoms with E-state index in [1.54, 1.807) is 13.0 Å². The quantitative estimate of drug-likeness (QED) is 0.383. The third-order valence-electron chi connectivity index (χ3n) is 2.61. The molecule has 3 N–H and O–H groups in total. The highest BCUT2D eigenvalue weighted by molar-refractivity contribution is 5.97. The number of aryl methyl sites for hydroxylation is 1. The normalized spacial score (nSPS) is 10.1. The van der Waals surface area contributed by atoms with E-state index in [0.29, 0.717) is 5.56 Å². The number of nitro groups is 1. The molecule has 102 valence electrons. The van der Waals surface area contributed by atoms with Gasteiger partial charge in [-0.1, -0.05) is 6.07 Å². The monoisotopic (exact) mass is 272 g/mol. The Bertz CT molecular complexity index is 685. The van der Waals surface area contributed by atoms with Gasteiger partial charge in [-0.3, -0.25) is 20.5 Å². The lowest BCUT2D eigenvalue weighted by Crippen LogP contribution is -2.12. The zero-order valence-corrected chi connectivity index (χ0v) is 10.7. The van der Waals surface area contributed by atoms with Crippen LogP contribution in [0.15, 0.2) is 36.7 Å². The minimum Gasteiger partial charge on any atom is -0.448 e. The topological polar surface area (TPSA) is 115 Å². The van der Waals surface area contributed by atoms with E-state index in [1.807, 2.05) is 0 Å². The number of hydrogen-bond donors (Lipinski definition) is 2. The molecule has 0 amide bonds. The maximum atomic E-state index is 11.0. The zero-order chi connectivity index (χ0) is 14.7. The van der Waals surface area contributed by atoms with Crippen LogP contribution in [0.2, 0.25) is 0 Å². The number of nitrogens with one attached hydrogen (secondary N) is 1. The van der Waals surface area contributed by atoms with E-state index in [-0.39, 0.29) is 23.0 Å². The van der Waals surface area contributed by atoms with Gasteiger partial charge in [-0.2, -0.15) is 0 Å². The molecule has 2 rings (SSSR count). The first-order valence-electron chi connectivity index (χ1n) is 5.70. The maximum Gasteiger partial charge on any atom is 0.311 e. The molecule has 1 heterocycles. The van der Waals surface area contributed by atoms with Crippen LogP contribution in [0.3, 0.4) is 0 Å². The van der Waals surface area contributed by atoms with Crippen molar-refractivity contribution in [3.8, 4) is 11.5 Å². The van der Waals surface area contributed by atoms with E-state index in [0.717, 1.165) is 5.56 Å². The van der Waals surface area contributed by atoms with Gasteiger partial charge in [0, 0.05) is 12.3 Å². The molecule has 7 nitrogen and oxygen atoms in total. The summed E-state index contributed by atoms with van der Waals surface area (Å²) < 4.78 is 5.49. The summed E-state index contributed by atoms with van der Waals surface area (Å²) in [7, 11) is 0. The van der Waals surface area contributed by atoms with Crippen molar-refractivity contribution in [3.05, 3.63) is 57.9 Å². The Morgan fingerprint density at radius 1 is 1.40 bits per heavy atom. The molecule has 0 saturated heterocycles. The largest absolute Gasteiger partial charge is 0.448 e. The molecule has 0 fully saturated rings. The molecule has 0 saturated carbocycles. The average Bonchev–Trinajstić information content (AvgIpc) is 2.41. The van der Waals surface area contributed by atoms with Crippen LogP contribution in [0, 0.1) is 22.4 Å². The molecule has 20 heavy (non-hydrogen) atoms. The molecule has 0 aliphatic heterocycles. The van der Waals surface area contributed by atoms with Gasteiger partial charge >= 0.3 is 5.69 Å². The number of ether oxygens (including phenoxy) is 1. The van der Waals surface area contributed by atoms with Crippen LogP contribution in [0.25, 0.3) is 0 Å². The van der Waals surface area contributed by atoms with Gasteiger partial charge in [0.15, 0.2) is 5.75 Å². The van der Waals surface area contributed by atoms with Gasteiger partial charge < -0.3 is 10.5 Å². The van der Waals surface area contributed by atoms with Gasteiger partial charge in [-0.05, 0) is 24.6 Å². The van der Waals surface area contributed by atoms with E-state index in [2.05, 4.69) is 4.98 Å². The van der Waals surface area contributed by atoms with Crippen molar-refractivity contribution in [1.29, 1.82) is 5.41 Å². The third-order valence-corrected chi connectivity index (χ3v) is 2.61. The van der Waals surface area contributed by atoms with Crippen molar-refractivity contribution in [2.45, 2.75) is 6.92 Å². The molecule has 1 aromatic carbocycles. The number of pyridine rings is 1. The van der Waals surface area contributed by atoms with Crippen LogP contribution in [0.5, 0.6) is 11.5 Å². The second-order valence-corrected chi connectivity index (χ2v) is 4.12. The van der Waals surface area contributed by atoms with Gasteiger partial charge in [0.1, 0.15) is 5.84 Å². The first-order valence-corrected chi connectivity index (χ1v) is 5.70. The summed E-state index contributed by atoms with van der Waals surface area (Å²) in [4.78, 5) is 14.4. The molecule has 2 aromatic rings. The molecule has 0 aliphatic carbocycles. The van der Waals surface area contributed by atoms with Crippen LogP contribution in [-0.4, -0.2) is 15.7 Å². The number of nitrogens with two attached hydrogens (primary N) is 1. The molecular weight excluding hydrogens is 260 g/mol. The Morgan fingerprint density at radius 2 is 2.15 bits per heavy atom. The average molecular weight is 272 g/mol. The molecule has 0 bridgehead atoms. The predicted octanol–water partition coefficient (Wildman–Crippen LogP) is 2.37. The highest BCUT2D eigenvalue weighted by Crippen LogP contribution is 2.33. The molecule has 1 aromatic heterocycles. The first kappa shape index (κ1) is 13.5. The zero-order valence-electron chi connectivity index (χ0n) is 10.7. The van der Waals surface area contributed by atoms with Crippen LogP contribution in [0.4, 0.5) is 5.69 Å². The Morgan fingerprint density at radius 3 is 2.80 bits per heavy atom. The van der Waals surface area contributed by atoms with Gasteiger partial charge in [0.2, 0.25) is 5.75 Å². The van der Waals surface area contributed by atoms with E-state index in [4.69, 9.17) is 15.9 Å². The highest BCUT2D eigenvalue weighted by Gasteiger charge is 2.17. The Kier molecular flexibility index (Phi) is 3.60. The van der Waals surface area contributed by atoms with Crippen LogP contribution >= 0.6 is 0 Å². The smallest absolute Gasteiger partial charge is 0.311 e. The number of rotatable bonds is 4. The van der Waals surface area contributed by atoms with Crippen molar-refractivity contribution in [2.24, 2.45) is 5.73 Å². The molecule has 0 unspecified atom stereocenters. The second kappa shape index (κ2) is 5.35. The summed E-state index contributed by atoms with van der Waals surface area (Å²) in [6, 6.07) is 6.13. The van der Waals surface area contributed by atoms with Gasteiger partial charge in [0.25, 0.3) is 0 Å². The number of amidine groups is 1. The van der Waals surface area contributed by atoms with E-state index >= 15 is 0 Å². The van der Waals surface area contributed by atoms with Crippen molar-refractivity contribution >= 4 is 11.5 Å². The van der Waals surface area contributed by atoms with Crippen molar-refractivity contribution in [2.75, 3.05) is 0 Å². The van der Waals surface area contributed by atoms with Gasteiger partial charge in [-0.25, -0.2) is 0 Å². The SMILES string of the molecule is Cc1ccc(Oc2cnccc2C(=N)N)c([N+](=O)[O-])c1. The summed E-state index contributed by atoms with van der Waals surface area (Å²) in [6.07, 6.45) is 2.83. The number of benzene rings is 1. The highest BCUT2D eigenvalue weighted by atomic mass is 16.6. The maximum absolute atomic E-state index is 11.0. The standard InChI is InChI=1S/C13H12N4O3/c1-8-2-3-11(10(6-8)17(18)19)20-12-7-16-5-4-9(12)13(14)15/h2-7H,1H3,(H3,14,15). The Labute approximate surface area is 114 Å². The minimum absolute atomic E-state index is 0.0797. The van der Waals surface area contributed by atoms with Gasteiger partial charge in [0.05, 0.1) is 16.7 Å². The number of nitro benzene ring substituents is 1. The van der Waals surface area contributed by atoms with Crippen LogP contribution in [0.1, 0.15) is 11.1 Å². The Balaban J connectivity index is 2.45. The number of nitrogen functional groups attached to an aromatic ring is 1. The summed E-state index contributed by atoms with van der Waals surface area (Å²) in [6.45, 7) is 1.75. The Hall–Kier alpha value is -2.96. The molecule has 0 radical (unpaired) electrons. The number of aromatic nitrogens is 1. The lowest BCUT2D eigenvalue weighted by molar-refractivity contribution is -0.385. The summed E-state index contributed by atoms with van der Waals surface area (Å²) in [5, 5.41) is 18.5. The fourth-order valence-electron chi connectivity index (χ4n) is 1.66. The lowest BCUT2D eigenvalue weighted by Gasteiger charge is -2.10. The second-order valence-electron chi connectivity index (χ2n) is 4.12. The molecule has 0 atom stereocenters. The molecular formula is C13H12N4O3. The van der Waals surface area contributed by atoms with Gasteiger partial charge in [-0.15, -0.1) is 0 Å².